The SMILES string of the molecule is O=C(CN1CC[C@H](Cc2ccccc2)[C@@H](O)C1)N1CCCC1. The molecule has 2 fully saturated rings. The number of benzene rings is 1. The van der Waals surface area contributed by atoms with Gasteiger partial charge in [-0.25, -0.2) is 0 Å². The molecule has 2 heterocycles. The maximum absolute atomic E-state index is 12.2. The van der Waals surface area contributed by atoms with Crippen LogP contribution in [-0.2, 0) is 11.2 Å². The molecule has 0 saturated carbocycles. The van der Waals surface area contributed by atoms with Crippen molar-refractivity contribution in [1.29, 1.82) is 0 Å². The number of aliphatic hydroxyl groups excluding tert-OH is 1. The molecule has 4 heteroatoms. The predicted octanol–water partition coefficient (Wildman–Crippen LogP) is 1.53. The number of β-amino-alcohol motifs (C(OH)–C–C–N with tert-alkyl or cyclic N) is 1. The van der Waals surface area contributed by atoms with E-state index in [2.05, 4.69) is 17.0 Å². The molecule has 1 amide bonds. The molecule has 1 N–H and O–H groups in total. The molecule has 0 bridgehead atoms. The molecular weight excluding hydrogens is 276 g/mol. The summed E-state index contributed by atoms with van der Waals surface area (Å²) in [4.78, 5) is 16.3. The summed E-state index contributed by atoms with van der Waals surface area (Å²) >= 11 is 0. The van der Waals surface area contributed by atoms with Gasteiger partial charge in [-0.3, -0.25) is 9.69 Å². The van der Waals surface area contributed by atoms with Crippen LogP contribution in [0, 0.1) is 5.92 Å². The van der Waals surface area contributed by atoms with Crippen molar-refractivity contribution in [2.75, 3.05) is 32.7 Å². The largest absolute Gasteiger partial charge is 0.391 e. The number of amides is 1. The van der Waals surface area contributed by atoms with Gasteiger partial charge in [0, 0.05) is 19.6 Å². The molecule has 2 aliphatic heterocycles. The molecule has 2 saturated heterocycles. The summed E-state index contributed by atoms with van der Waals surface area (Å²) in [5.41, 5.74) is 1.29. The van der Waals surface area contributed by atoms with Crippen molar-refractivity contribution in [3.63, 3.8) is 0 Å². The van der Waals surface area contributed by atoms with Gasteiger partial charge in [0.2, 0.25) is 5.91 Å². The number of hydrogen-bond donors (Lipinski definition) is 1. The van der Waals surface area contributed by atoms with E-state index in [-0.39, 0.29) is 12.0 Å². The molecule has 0 aromatic heterocycles. The molecular formula is C18H26N2O2. The lowest BCUT2D eigenvalue weighted by molar-refractivity contribution is -0.132. The number of aliphatic hydroxyl groups is 1. The number of rotatable bonds is 4. The van der Waals surface area contributed by atoms with Crippen LogP contribution in [0.5, 0.6) is 0 Å². The van der Waals surface area contributed by atoms with E-state index in [0.717, 1.165) is 45.3 Å². The number of piperidine rings is 1. The number of likely N-dealkylation sites (tertiary alicyclic amines) is 2. The third kappa shape index (κ3) is 3.87. The van der Waals surface area contributed by atoms with Crippen LogP contribution >= 0.6 is 0 Å². The third-order valence-electron chi connectivity index (χ3n) is 4.96. The van der Waals surface area contributed by atoms with Gasteiger partial charge in [-0.15, -0.1) is 0 Å². The topological polar surface area (TPSA) is 43.8 Å². The van der Waals surface area contributed by atoms with Crippen molar-refractivity contribution in [2.24, 2.45) is 5.92 Å². The minimum Gasteiger partial charge on any atom is -0.391 e. The van der Waals surface area contributed by atoms with Gasteiger partial charge < -0.3 is 10.0 Å². The van der Waals surface area contributed by atoms with Gasteiger partial charge in [-0.2, -0.15) is 0 Å². The van der Waals surface area contributed by atoms with Crippen LogP contribution < -0.4 is 0 Å². The number of nitrogens with zero attached hydrogens (tertiary/aromatic N) is 2. The molecule has 0 unspecified atom stereocenters. The highest BCUT2D eigenvalue weighted by atomic mass is 16.3. The van der Waals surface area contributed by atoms with Gasteiger partial charge in [0.05, 0.1) is 12.6 Å². The van der Waals surface area contributed by atoms with Gasteiger partial charge in [0.15, 0.2) is 0 Å². The highest BCUT2D eigenvalue weighted by Crippen LogP contribution is 2.22. The quantitative estimate of drug-likeness (QED) is 0.917. The zero-order chi connectivity index (χ0) is 15.4. The van der Waals surface area contributed by atoms with Crippen LogP contribution in [0.2, 0.25) is 0 Å². The number of carbonyl (C=O) groups excluding carboxylic acids is 1. The first-order valence-corrected chi connectivity index (χ1v) is 8.44. The van der Waals surface area contributed by atoms with Crippen molar-refractivity contribution in [2.45, 2.75) is 31.8 Å². The van der Waals surface area contributed by atoms with Gasteiger partial charge in [-0.05, 0) is 43.7 Å². The molecule has 0 aliphatic carbocycles. The Morgan fingerprint density at radius 2 is 1.86 bits per heavy atom. The summed E-state index contributed by atoms with van der Waals surface area (Å²) in [6.45, 7) is 3.82. The Labute approximate surface area is 132 Å². The van der Waals surface area contributed by atoms with Gasteiger partial charge in [0.1, 0.15) is 0 Å². The molecule has 0 radical (unpaired) electrons. The van der Waals surface area contributed by atoms with Crippen LogP contribution in [0.1, 0.15) is 24.8 Å². The third-order valence-corrected chi connectivity index (χ3v) is 4.96. The second-order valence-electron chi connectivity index (χ2n) is 6.63. The Morgan fingerprint density at radius 1 is 1.14 bits per heavy atom. The van der Waals surface area contributed by atoms with Gasteiger partial charge in [-0.1, -0.05) is 30.3 Å². The standard InChI is InChI=1S/C18H26N2O2/c21-17-13-19(14-18(22)20-9-4-5-10-20)11-8-16(17)12-15-6-2-1-3-7-15/h1-3,6-7,16-17,21H,4-5,8-14H2/t16-,17+/m1/s1. The summed E-state index contributed by atoms with van der Waals surface area (Å²) < 4.78 is 0. The fourth-order valence-electron chi connectivity index (χ4n) is 3.60. The molecule has 1 aromatic rings. The summed E-state index contributed by atoms with van der Waals surface area (Å²) in [5, 5.41) is 10.4. The van der Waals surface area contributed by atoms with Crippen molar-refractivity contribution in [1.82, 2.24) is 9.80 Å². The van der Waals surface area contributed by atoms with E-state index in [1.54, 1.807) is 0 Å². The van der Waals surface area contributed by atoms with Gasteiger partial charge >= 0.3 is 0 Å². The van der Waals surface area contributed by atoms with E-state index < -0.39 is 0 Å². The second-order valence-corrected chi connectivity index (χ2v) is 6.63. The fourth-order valence-corrected chi connectivity index (χ4v) is 3.60. The summed E-state index contributed by atoms with van der Waals surface area (Å²) in [6.07, 6.45) is 3.82. The van der Waals surface area contributed by atoms with E-state index >= 15 is 0 Å². The first-order chi connectivity index (χ1) is 10.7. The predicted molar refractivity (Wildman–Crippen MR) is 86.5 cm³/mol. The van der Waals surface area contributed by atoms with Crippen LogP contribution in [0.4, 0.5) is 0 Å². The van der Waals surface area contributed by atoms with Crippen molar-refractivity contribution in [3.8, 4) is 0 Å². The molecule has 2 atom stereocenters. The zero-order valence-electron chi connectivity index (χ0n) is 13.2. The van der Waals surface area contributed by atoms with Crippen LogP contribution in [0.3, 0.4) is 0 Å². The Hall–Kier alpha value is -1.39. The van der Waals surface area contributed by atoms with E-state index in [0.29, 0.717) is 19.0 Å². The Morgan fingerprint density at radius 3 is 2.55 bits per heavy atom. The maximum atomic E-state index is 12.2. The fraction of sp³-hybridized carbons (Fsp3) is 0.611. The van der Waals surface area contributed by atoms with Crippen LogP contribution in [0.25, 0.3) is 0 Å². The average Bonchev–Trinajstić information content (AvgIpc) is 3.05. The number of carbonyl (C=O) groups is 1. The second kappa shape index (κ2) is 7.25. The average molecular weight is 302 g/mol. The van der Waals surface area contributed by atoms with E-state index in [9.17, 15) is 9.90 Å². The normalized spacial score (nSPS) is 26.3. The monoisotopic (exact) mass is 302 g/mol. The minimum absolute atomic E-state index is 0.228. The van der Waals surface area contributed by atoms with E-state index in [1.165, 1.54) is 5.56 Å². The molecule has 1 aromatic carbocycles. The summed E-state index contributed by atoms with van der Waals surface area (Å²) in [5.74, 6) is 0.534. The van der Waals surface area contributed by atoms with Crippen LogP contribution in [0.15, 0.2) is 30.3 Å². The lowest BCUT2D eigenvalue weighted by Gasteiger charge is -2.36. The summed E-state index contributed by atoms with van der Waals surface area (Å²) in [6, 6.07) is 10.4. The highest BCUT2D eigenvalue weighted by molar-refractivity contribution is 5.78. The molecule has 120 valence electrons. The van der Waals surface area contributed by atoms with E-state index in [1.807, 2.05) is 23.1 Å². The lowest BCUT2D eigenvalue weighted by atomic mass is 9.88. The van der Waals surface area contributed by atoms with Crippen molar-refractivity contribution >= 4 is 5.91 Å². The van der Waals surface area contributed by atoms with Crippen LogP contribution in [-0.4, -0.2) is 59.6 Å². The Balaban J connectivity index is 1.48. The number of hydrogen-bond acceptors (Lipinski definition) is 3. The first-order valence-electron chi connectivity index (χ1n) is 8.44. The first kappa shape index (κ1) is 15.5. The lowest BCUT2D eigenvalue weighted by Crippen LogP contribution is -2.48. The van der Waals surface area contributed by atoms with E-state index in [4.69, 9.17) is 0 Å². The molecule has 4 nitrogen and oxygen atoms in total. The molecule has 22 heavy (non-hydrogen) atoms. The van der Waals surface area contributed by atoms with Crippen molar-refractivity contribution < 1.29 is 9.90 Å². The molecule has 0 spiro atoms. The minimum atomic E-state index is -0.333. The molecule has 2 aliphatic rings. The summed E-state index contributed by atoms with van der Waals surface area (Å²) in [7, 11) is 0. The maximum Gasteiger partial charge on any atom is 0.236 e. The Kier molecular flexibility index (Phi) is 5.11. The highest BCUT2D eigenvalue weighted by Gasteiger charge is 2.29. The molecule has 3 rings (SSSR count). The smallest absolute Gasteiger partial charge is 0.236 e. The Bertz CT molecular complexity index is 485. The van der Waals surface area contributed by atoms with Crippen molar-refractivity contribution in [3.05, 3.63) is 35.9 Å². The van der Waals surface area contributed by atoms with Gasteiger partial charge in [0.25, 0.3) is 0 Å². The zero-order valence-corrected chi connectivity index (χ0v) is 13.2.